The Balaban J connectivity index is 1.87. The van der Waals surface area contributed by atoms with Crippen molar-refractivity contribution in [1.29, 1.82) is 0 Å². The summed E-state index contributed by atoms with van der Waals surface area (Å²) in [6.45, 7) is 0. The number of carbonyl (C=O) groups excluding carboxylic acids is 1. The second-order valence-electron chi connectivity index (χ2n) is 6.97. The second kappa shape index (κ2) is 6.87. The summed E-state index contributed by atoms with van der Waals surface area (Å²) in [5.74, 6) is -0.469. The van der Waals surface area contributed by atoms with E-state index in [1.54, 1.807) is 12.5 Å². The summed E-state index contributed by atoms with van der Waals surface area (Å²) in [4.78, 5) is 21.6. The van der Waals surface area contributed by atoms with Gasteiger partial charge in [0.2, 0.25) is 0 Å². The van der Waals surface area contributed by atoms with Gasteiger partial charge in [-0.2, -0.15) is 0 Å². The molecule has 0 unspecified atom stereocenters. The Hall–Kier alpha value is -3.99. The number of fused-ring (bicyclic) bond motifs is 2. The monoisotopic (exact) mass is 378 g/mol. The molecule has 0 saturated carbocycles. The van der Waals surface area contributed by atoms with Crippen LogP contribution in [-0.2, 0) is 6.42 Å². The topological polar surface area (TPSA) is 73.8 Å². The quantitative estimate of drug-likeness (QED) is 0.508. The molecule has 0 saturated heterocycles. The number of hydrogen-bond acceptors (Lipinski definition) is 3. The molecule has 0 bridgehead atoms. The van der Waals surface area contributed by atoms with Crippen LogP contribution in [0.4, 0.5) is 0 Å². The standard InChI is InChI=1S/C24H18N4O/c25-23(29)21-19-10-5-4-9-17(19)14-18(13-16-7-2-1-3-8-16)22(21)28-15-27-20-11-6-12-26-24(20)28/h1-12,14-15H,13H2,(H2,25,29). The Morgan fingerprint density at radius 1 is 0.931 bits per heavy atom. The first-order valence-corrected chi connectivity index (χ1v) is 9.39. The Labute approximate surface area is 167 Å². The van der Waals surface area contributed by atoms with Crippen LogP contribution < -0.4 is 5.73 Å². The van der Waals surface area contributed by atoms with Crippen molar-refractivity contribution in [2.75, 3.05) is 0 Å². The number of pyridine rings is 1. The van der Waals surface area contributed by atoms with Gasteiger partial charge in [-0.3, -0.25) is 9.36 Å². The van der Waals surface area contributed by atoms with Crippen LogP contribution in [0, 0.1) is 0 Å². The third-order valence-electron chi connectivity index (χ3n) is 5.13. The van der Waals surface area contributed by atoms with Crippen molar-refractivity contribution in [3.63, 3.8) is 0 Å². The lowest BCUT2D eigenvalue weighted by Gasteiger charge is -2.17. The number of hydrogen-bond donors (Lipinski definition) is 1. The van der Waals surface area contributed by atoms with Gasteiger partial charge in [-0.15, -0.1) is 0 Å². The molecule has 5 nitrogen and oxygen atoms in total. The van der Waals surface area contributed by atoms with Crippen LogP contribution in [0.25, 0.3) is 27.6 Å². The Kier molecular flexibility index (Phi) is 4.06. The minimum atomic E-state index is -0.469. The SMILES string of the molecule is NC(=O)c1c(-n2cnc3cccnc32)c(Cc2ccccc2)cc2ccccc12. The first kappa shape index (κ1) is 17.1. The van der Waals surface area contributed by atoms with Crippen LogP contribution in [0.5, 0.6) is 0 Å². The van der Waals surface area contributed by atoms with Crippen molar-refractivity contribution in [2.45, 2.75) is 6.42 Å². The Morgan fingerprint density at radius 3 is 2.55 bits per heavy atom. The fourth-order valence-electron chi connectivity index (χ4n) is 3.88. The highest BCUT2D eigenvalue weighted by Gasteiger charge is 2.21. The predicted molar refractivity (Wildman–Crippen MR) is 114 cm³/mol. The Morgan fingerprint density at radius 2 is 1.72 bits per heavy atom. The maximum Gasteiger partial charge on any atom is 0.251 e. The minimum Gasteiger partial charge on any atom is -0.366 e. The van der Waals surface area contributed by atoms with Gasteiger partial charge < -0.3 is 5.73 Å². The van der Waals surface area contributed by atoms with Gasteiger partial charge in [0.25, 0.3) is 5.91 Å². The van der Waals surface area contributed by atoms with Gasteiger partial charge in [0.1, 0.15) is 11.8 Å². The average Bonchev–Trinajstić information content (AvgIpc) is 3.17. The van der Waals surface area contributed by atoms with E-state index >= 15 is 0 Å². The van der Waals surface area contributed by atoms with Crippen LogP contribution in [-0.4, -0.2) is 20.4 Å². The van der Waals surface area contributed by atoms with Crippen LogP contribution >= 0.6 is 0 Å². The van der Waals surface area contributed by atoms with Crippen LogP contribution in [0.2, 0.25) is 0 Å². The molecule has 0 spiro atoms. The number of imidazole rings is 1. The van der Waals surface area contributed by atoms with Gasteiger partial charge in [-0.05, 0) is 46.5 Å². The molecule has 2 N–H and O–H groups in total. The number of rotatable bonds is 4. The highest BCUT2D eigenvalue weighted by atomic mass is 16.1. The maximum atomic E-state index is 12.6. The fourth-order valence-corrected chi connectivity index (χ4v) is 3.88. The number of primary amides is 1. The highest BCUT2D eigenvalue weighted by Crippen LogP contribution is 2.32. The van der Waals surface area contributed by atoms with Gasteiger partial charge in [-0.1, -0.05) is 54.6 Å². The van der Waals surface area contributed by atoms with E-state index in [1.165, 1.54) is 0 Å². The molecule has 3 aromatic carbocycles. The van der Waals surface area contributed by atoms with Crippen LogP contribution in [0.1, 0.15) is 21.5 Å². The molecule has 2 aromatic heterocycles. The van der Waals surface area contributed by atoms with E-state index in [2.05, 4.69) is 28.2 Å². The summed E-state index contributed by atoms with van der Waals surface area (Å²) in [6.07, 6.45) is 4.10. The number of aromatic nitrogens is 3. The zero-order chi connectivity index (χ0) is 19.8. The normalized spacial score (nSPS) is 11.2. The summed E-state index contributed by atoms with van der Waals surface area (Å²) in [5.41, 5.74) is 10.7. The first-order valence-electron chi connectivity index (χ1n) is 9.39. The van der Waals surface area contributed by atoms with Crippen molar-refractivity contribution in [3.05, 3.63) is 102 Å². The van der Waals surface area contributed by atoms with E-state index in [0.717, 1.165) is 33.1 Å². The summed E-state index contributed by atoms with van der Waals surface area (Å²) >= 11 is 0. The molecule has 0 fully saturated rings. The number of carbonyl (C=O) groups is 1. The molecule has 1 amide bonds. The average molecular weight is 378 g/mol. The summed E-state index contributed by atoms with van der Waals surface area (Å²) in [6, 6.07) is 23.9. The molecular weight excluding hydrogens is 360 g/mol. The van der Waals surface area contributed by atoms with E-state index in [-0.39, 0.29) is 0 Å². The van der Waals surface area contributed by atoms with E-state index in [0.29, 0.717) is 17.6 Å². The van der Waals surface area contributed by atoms with Crippen molar-refractivity contribution >= 4 is 27.8 Å². The van der Waals surface area contributed by atoms with Gasteiger partial charge in [0, 0.05) is 6.20 Å². The largest absolute Gasteiger partial charge is 0.366 e. The van der Waals surface area contributed by atoms with Gasteiger partial charge >= 0.3 is 0 Å². The van der Waals surface area contributed by atoms with Crippen LogP contribution in [0.3, 0.4) is 0 Å². The molecule has 0 aliphatic heterocycles. The zero-order valence-electron chi connectivity index (χ0n) is 15.6. The molecule has 0 aliphatic rings. The number of benzene rings is 3. The fraction of sp³-hybridized carbons (Fsp3) is 0.0417. The summed E-state index contributed by atoms with van der Waals surface area (Å²) in [7, 11) is 0. The molecule has 0 aliphatic carbocycles. The van der Waals surface area contributed by atoms with Gasteiger partial charge in [0.15, 0.2) is 5.65 Å². The Bertz CT molecular complexity index is 1360. The molecule has 2 heterocycles. The lowest BCUT2D eigenvalue weighted by atomic mass is 9.93. The molecular formula is C24H18N4O. The van der Waals surface area contributed by atoms with Crippen LogP contribution in [0.15, 0.2) is 85.3 Å². The van der Waals surface area contributed by atoms with Gasteiger partial charge in [0.05, 0.1) is 11.3 Å². The lowest BCUT2D eigenvalue weighted by Crippen LogP contribution is -2.17. The van der Waals surface area contributed by atoms with Crippen molar-refractivity contribution in [3.8, 4) is 5.69 Å². The second-order valence-corrected chi connectivity index (χ2v) is 6.97. The molecule has 0 atom stereocenters. The highest BCUT2D eigenvalue weighted by molar-refractivity contribution is 6.10. The maximum absolute atomic E-state index is 12.6. The smallest absolute Gasteiger partial charge is 0.251 e. The molecule has 140 valence electrons. The first-order chi connectivity index (χ1) is 14.2. The summed E-state index contributed by atoms with van der Waals surface area (Å²) < 4.78 is 1.88. The third kappa shape index (κ3) is 2.93. The minimum absolute atomic E-state index is 0.469. The zero-order valence-corrected chi connectivity index (χ0v) is 15.6. The third-order valence-corrected chi connectivity index (χ3v) is 5.13. The number of nitrogens with two attached hydrogens (primary N) is 1. The van der Waals surface area contributed by atoms with Crippen molar-refractivity contribution < 1.29 is 4.79 Å². The number of nitrogens with zero attached hydrogens (tertiary/aromatic N) is 3. The van der Waals surface area contributed by atoms with E-state index in [9.17, 15) is 4.79 Å². The van der Waals surface area contributed by atoms with Crippen molar-refractivity contribution in [2.24, 2.45) is 5.73 Å². The van der Waals surface area contributed by atoms with E-state index < -0.39 is 5.91 Å². The van der Waals surface area contributed by atoms with Gasteiger partial charge in [-0.25, -0.2) is 9.97 Å². The molecule has 5 heteroatoms. The van der Waals surface area contributed by atoms with E-state index in [1.807, 2.05) is 59.2 Å². The van der Waals surface area contributed by atoms with Crippen molar-refractivity contribution in [1.82, 2.24) is 14.5 Å². The summed E-state index contributed by atoms with van der Waals surface area (Å²) in [5, 5.41) is 1.80. The molecule has 29 heavy (non-hydrogen) atoms. The molecule has 5 aromatic rings. The molecule has 5 rings (SSSR count). The molecule has 0 radical (unpaired) electrons. The number of amides is 1. The predicted octanol–water partition coefficient (Wildman–Crippen LogP) is 4.26. The lowest BCUT2D eigenvalue weighted by molar-refractivity contribution is 0.100. The van der Waals surface area contributed by atoms with E-state index in [4.69, 9.17) is 5.73 Å².